The molecule has 2 amide bonds. The van der Waals surface area contributed by atoms with Gasteiger partial charge in [0.15, 0.2) is 0 Å². The van der Waals surface area contributed by atoms with E-state index in [-0.39, 0.29) is 30.1 Å². The lowest BCUT2D eigenvalue weighted by Crippen LogP contribution is -2.48. The molecular formula is C19H24N2O4. The number of piperidine rings is 1. The van der Waals surface area contributed by atoms with Gasteiger partial charge in [-0.15, -0.1) is 0 Å². The van der Waals surface area contributed by atoms with Crippen molar-refractivity contribution < 1.29 is 19.5 Å². The van der Waals surface area contributed by atoms with Crippen LogP contribution in [0.4, 0.5) is 0 Å². The first-order valence-electron chi connectivity index (χ1n) is 8.90. The molecule has 0 radical (unpaired) electrons. The summed E-state index contributed by atoms with van der Waals surface area (Å²) in [6.45, 7) is 1.17. The number of carboxylic acids is 1. The molecule has 2 fully saturated rings. The zero-order valence-corrected chi connectivity index (χ0v) is 14.2. The molecule has 1 unspecified atom stereocenters. The lowest BCUT2D eigenvalue weighted by Gasteiger charge is -2.32. The van der Waals surface area contributed by atoms with Gasteiger partial charge in [0.2, 0.25) is 11.8 Å². The number of hydrogen-bond donors (Lipinski definition) is 2. The predicted octanol–water partition coefficient (Wildman–Crippen LogP) is 1.45. The van der Waals surface area contributed by atoms with Gasteiger partial charge in [0.05, 0.1) is 0 Å². The minimum atomic E-state index is -1.03. The zero-order chi connectivity index (χ0) is 17.8. The average Bonchev–Trinajstić information content (AvgIpc) is 3.46. The highest BCUT2D eigenvalue weighted by atomic mass is 16.4. The summed E-state index contributed by atoms with van der Waals surface area (Å²) < 4.78 is 0. The molecule has 3 rings (SSSR count). The molecule has 0 spiro atoms. The molecule has 0 aromatic heterocycles. The van der Waals surface area contributed by atoms with Crippen LogP contribution in [-0.4, -0.2) is 46.9 Å². The van der Waals surface area contributed by atoms with Gasteiger partial charge in [0.25, 0.3) is 0 Å². The number of amides is 2. The summed E-state index contributed by atoms with van der Waals surface area (Å²) >= 11 is 0. The van der Waals surface area contributed by atoms with Gasteiger partial charge < -0.3 is 15.3 Å². The second-order valence-electron chi connectivity index (χ2n) is 6.96. The van der Waals surface area contributed by atoms with Gasteiger partial charge in [-0.2, -0.15) is 0 Å². The SMILES string of the molecule is O=C(NC(Cc1ccccc1)C(=O)O)C1CCN(C(=O)C2CC2)CC1. The Balaban J connectivity index is 1.51. The second-order valence-corrected chi connectivity index (χ2v) is 6.96. The number of nitrogens with zero attached hydrogens (tertiary/aromatic N) is 1. The molecular weight excluding hydrogens is 320 g/mol. The van der Waals surface area contributed by atoms with E-state index >= 15 is 0 Å². The van der Waals surface area contributed by atoms with Crippen LogP contribution in [0.15, 0.2) is 30.3 Å². The highest BCUT2D eigenvalue weighted by Gasteiger charge is 2.36. The monoisotopic (exact) mass is 344 g/mol. The van der Waals surface area contributed by atoms with Crippen molar-refractivity contribution in [2.75, 3.05) is 13.1 Å². The number of hydrogen-bond acceptors (Lipinski definition) is 3. The molecule has 0 bridgehead atoms. The first-order chi connectivity index (χ1) is 12.0. The summed E-state index contributed by atoms with van der Waals surface area (Å²) in [6, 6.07) is 8.34. The molecule has 1 heterocycles. The Morgan fingerprint density at radius 3 is 2.24 bits per heavy atom. The van der Waals surface area contributed by atoms with Crippen LogP contribution in [0.1, 0.15) is 31.2 Å². The van der Waals surface area contributed by atoms with Crippen LogP contribution in [0.2, 0.25) is 0 Å². The third-order valence-electron chi connectivity index (χ3n) is 5.00. The first kappa shape index (κ1) is 17.5. The van der Waals surface area contributed by atoms with Crippen LogP contribution in [0.5, 0.6) is 0 Å². The van der Waals surface area contributed by atoms with Gasteiger partial charge in [-0.1, -0.05) is 30.3 Å². The number of rotatable bonds is 6. The number of nitrogens with one attached hydrogen (secondary N) is 1. The van der Waals surface area contributed by atoms with E-state index in [1.165, 1.54) is 0 Å². The van der Waals surface area contributed by atoms with E-state index in [2.05, 4.69) is 5.32 Å². The molecule has 2 N–H and O–H groups in total. The van der Waals surface area contributed by atoms with Crippen molar-refractivity contribution in [3.05, 3.63) is 35.9 Å². The van der Waals surface area contributed by atoms with E-state index in [9.17, 15) is 19.5 Å². The Kier molecular flexibility index (Phi) is 5.36. The maximum Gasteiger partial charge on any atom is 0.326 e. The van der Waals surface area contributed by atoms with Gasteiger partial charge in [-0.05, 0) is 31.2 Å². The fourth-order valence-electron chi connectivity index (χ4n) is 3.29. The Morgan fingerprint density at radius 2 is 1.68 bits per heavy atom. The molecule has 1 aliphatic heterocycles. The Bertz CT molecular complexity index is 634. The number of likely N-dealkylation sites (tertiary alicyclic amines) is 1. The Hall–Kier alpha value is -2.37. The number of carbonyl (C=O) groups is 3. The quantitative estimate of drug-likeness (QED) is 0.818. The first-order valence-corrected chi connectivity index (χ1v) is 8.90. The van der Waals surface area contributed by atoms with Crippen molar-refractivity contribution in [3.63, 3.8) is 0 Å². The van der Waals surface area contributed by atoms with Crippen LogP contribution in [0.3, 0.4) is 0 Å². The van der Waals surface area contributed by atoms with Crippen molar-refractivity contribution in [1.29, 1.82) is 0 Å². The van der Waals surface area contributed by atoms with Crippen LogP contribution >= 0.6 is 0 Å². The molecule has 134 valence electrons. The van der Waals surface area contributed by atoms with Crippen LogP contribution < -0.4 is 5.32 Å². The zero-order valence-electron chi connectivity index (χ0n) is 14.2. The fraction of sp³-hybridized carbons (Fsp3) is 0.526. The Morgan fingerprint density at radius 1 is 1.04 bits per heavy atom. The van der Waals surface area contributed by atoms with Crippen molar-refractivity contribution in [1.82, 2.24) is 10.2 Å². The van der Waals surface area contributed by atoms with Crippen LogP contribution in [-0.2, 0) is 20.8 Å². The van der Waals surface area contributed by atoms with Gasteiger partial charge in [0.1, 0.15) is 6.04 Å². The number of carboxylic acid groups (broad SMARTS) is 1. The van der Waals surface area contributed by atoms with E-state index in [0.29, 0.717) is 25.9 Å². The summed E-state index contributed by atoms with van der Waals surface area (Å²) in [7, 11) is 0. The molecule has 1 aliphatic carbocycles. The molecule has 1 aromatic rings. The minimum absolute atomic E-state index is 0.202. The van der Waals surface area contributed by atoms with Gasteiger partial charge in [-0.3, -0.25) is 9.59 Å². The van der Waals surface area contributed by atoms with E-state index in [1.807, 2.05) is 35.2 Å². The molecule has 1 saturated heterocycles. The van der Waals surface area contributed by atoms with Crippen molar-refractivity contribution >= 4 is 17.8 Å². The van der Waals surface area contributed by atoms with Gasteiger partial charge in [0, 0.05) is 31.3 Å². The molecule has 1 aromatic carbocycles. The van der Waals surface area contributed by atoms with Crippen molar-refractivity contribution in [2.24, 2.45) is 11.8 Å². The third-order valence-corrected chi connectivity index (χ3v) is 5.00. The smallest absolute Gasteiger partial charge is 0.326 e. The maximum absolute atomic E-state index is 12.4. The van der Waals surface area contributed by atoms with Gasteiger partial charge >= 0.3 is 5.97 Å². The normalized spacial score (nSPS) is 19.3. The standard InChI is InChI=1S/C19H24N2O4/c22-17(14-8-10-21(11-9-14)18(23)15-6-7-15)20-16(19(24)25)12-13-4-2-1-3-5-13/h1-5,14-16H,6-12H2,(H,20,22)(H,24,25). The Labute approximate surface area is 147 Å². The molecule has 6 nitrogen and oxygen atoms in total. The fourth-order valence-corrected chi connectivity index (χ4v) is 3.29. The lowest BCUT2D eigenvalue weighted by molar-refractivity contribution is -0.143. The maximum atomic E-state index is 12.4. The van der Waals surface area contributed by atoms with E-state index in [1.54, 1.807) is 0 Å². The lowest BCUT2D eigenvalue weighted by atomic mass is 9.94. The summed E-state index contributed by atoms with van der Waals surface area (Å²) in [5.74, 6) is -1.06. The minimum Gasteiger partial charge on any atom is -0.480 e. The van der Waals surface area contributed by atoms with Gasteiger partial charge in [-0.25, -0.2) is 4.79 Å². The predicted molar refractivity (Wildman–Crippen MR) is 91.7 cm³/mol. The largest absolute Gasteiger partial charge is 0.480 e. The second kappa shape index (κ2) is 7.68. The highest BCUT2D eigenvalue weighted by molar-refractivity contribution is 5.86. The number of carbonyl (C=O) groups excluding carboxylic acids is 2. The van der Waals surface area contributed by atoms with Crippen molar-refractivity contribution in [2.45, 2.75) is 38.1 Å². The molecule has 1 saturated carbocycles. The summed E-state index contributed by atoms with van der Waals surface area (Å²) in [6.07, 6.45) is 3.43. The molecule has 1 atom stereocenters. The number of aliphatic carboxylic acids is 1. The molecule has 25 heavy (non-hydrogen) atoms. The van der Waals surface area contributed by atoms with E-state index < -0.39 is 12.0 Å². The topological polar surface area (TPSA) is 86.7 Å². The summed E-state index contributed by atoms with van der Waals surface area (Å²) in [5.41, 5.74) is 0.875. The van der Waals surface area contributed by atoms with Crippen LogP contribution in [0.25, 0.3) is 0 Å². The summed E-state index contributed by atoms with van der Waals surface area (Å²) in [4.78, 5) is 37.8. The van der Waals surface area contributed by atoms with E-state index in [0.717, 1.165) is 18.4 Å². The van der Waals surface area contributed by atoms with Crippen LogP contribution in [0, 0.1) is 11.8 Å². The highest BCUT2D eigenvalue weighted by Crippen LogP contribution is 2.32. The van der Waals surface area contributed by atoms with E-state index in [4.69, 9.17) is 0 Å². The van der Waals surface area contributed by atoms with Crippen molar-refractivity contribution in [3.8, 4) is 0 Å². The third kappa shape index (κ3) is 4.59. The molecule has 2 aliphatic rings. The summed E-state index contributed by atoms with van der Waals surface area (Å²) in [5, 5.41) is 12.1. The number of benzene rings is 1. The average molecular weight is 344 g/mol. The molecule has 6 heteroatoms.